The van der Waals surface area contributed by atoms with Crippen LogP contribution in [-0.2, 0) is 4.79 Å². The Morgan fingerprint density at radius 2 is 1.97 bits per heavy atom. The average molecular weight is 444 g/mol. The van der Waals surface area contributed by atoms with E-state index in [0.29, 0.717) is 36.3 Å². The molecule has 0 amide bonds. The zero-order valence-corrected chi connectivity index (χ0v) is 18.7. The van der Waals surface area contributed by atoms with Gasteiger partial charge in [0, 0.05) is 17.7 Å². The SMILES string of the molecule is COc1ccc(N2C(N)=C(C#N)C(c3cc(C)ccc3C)C3=C2CCCC3=O)c([N+](=O)[O-])c1. The molecule has 2 N–H and O–H groups in total. The number of allylic oxidation sites excluding steroid dienone is 3. The predicted octanol–water partition coefficient (Wildman–Crippen LogP) is 4.53. The molecule has 4 rings (SSSR count). The molecule has 168 valence electrons. The van der Waals surface area contributed by atoms with Crippen molar-refractivity contribution in [2.45, 2.75) is 39.0 Å². The van der Waals surface area contributed by atoms with Gasteiger partial charge in [-0.25, -0.2) is 0 Å². The summed E-state index contributed by atoms with van der Waals surface area (Å²) < 4.78 is 5.15. The van der Waals surface area contributed by atoms with Gasteiger partial charge in [0.1, 0.15) is 17.3 Å². The first-order valence-electron chi connectivity index (χ1n) is 10.6. The highest BCUT2D eigenvalue weighted by Gasteiger charge is 2.42. The number of rotatable bonds is 4. The Labute approximate surface area is 191 Å². The molecule has 8 heteroatoms. The third-order valence-electron chi connectivity index (χ3n) is 6.28. The van der Waals surface area contributed by atoms with E-state index in [1.54, 1.807) is 12.1 Å². The monoisotopic (exact) mass is 444 g/mol. The lowest BCUT2D eigenvalue weighted by atomic mass is 9.74. The fraction of sp³-hybridized carbons (Fsp3) is 0.280. The molecule has 1 heterocycles. The highest BCUT2D eigenvalue weighted by Crippen LogP contribution is 2.48. The number of ketones is 1. The van der Waals surface area contributed by atoms with E-state index in [-0.39, 0.29) is 28.6 Å². The standard InChI is InChI=1S/C25H24N4O4/c1-14-7-8-15(2)17(11-14)23-18(13-26)25(27)28(20-5-4-6-22(30)24(20)23)19-10-9-16(33-3)12-21(19)29(31)32/h7-12,23H,4-6,27H2,1-3H3. The van der Waals surface area contributed by atoms with Crippen LogP contribution in [0.25, 0.3) is 0 Å². The van der Waals surface area contributed by atoms with Crippen LogP contribution in [0.1, 0.15) is 41.9 Å². The van der Waals surface area contributed by atoms with Crippen LogP contribution in [0.2, 0.25) is 0 Å². The number of hydrogen-bond donors (Lipinski definition) is 1. The summed E-state index contributed by atoms with van der Waals surface area (Å²) in [7, 11) is 1.43. The third-order valence-corrected chi connectivity index (χ3v) is 6.28. The molecule has 2 aromatic carbocycles. The Morgan fingerprint density at radius 3 is 2.64 bits per heavy atom. The molecule has 0 saturated heterocycles. The highest BCUT2D eigenvalue weighted by molar-refractivity contribution is 6.01. The van der Waals surface area contributed by atoms with Gasteiger partial charge in [-0.1, -0.05) is 23.8 Å². The molecule has 2 aliphatic rings. The molecule has 0 fully saturated rings. The molecule has 1 aliphatic carbocycles. The summed E-state index contributed by atoms with van der Waals surface area (Å²) in [6, 6.07) is 12.6. The van der Waals surface area contributed by atoms with E-state index in [9.17, 15) is 20.2 Å². The van der Waals surface area contributed by atoms with Gasteiger partial charge in [0.2, 0.25) is 0 Å². The van der Waals surface area contributed by atoms with Crippen molar-refractivity contribution >= 4 is 17.2 Å². The Hall–Kier alpha value is -4.12. The lowest BCUT2D eigenvalue weighted by Gasteiger charge is -2.39. The zero-order chi connectivity index (χ0) is 23.9. The first kappa shape index (κ1) is 22.1. The van der Waals surface area contributed by atoms with Gasteiger partial charge in [-0.05, 0) is 49.9 Å². The minimum Gasteiger partial charge on any atom is -0.496 e. The van der Waals surface area contributed by atoms with Gasteiger partial charge < -0.3 is 10.5 Å². The minimum atomic E-state index is -0.605. The van der Waals surface area contributed by atoms with Gasteiger partial charge in [-0.15, -0.1) is 0 Å². The van der Waals surface area contributed by atoms with E-state index in [2.05, 4.69) is 6.07 Å². The second-order valence-corrected chi connectivity index (χ2v) is 8.29. The summed E-state index contributed by atoms with van der Waals surface area (Å²) in [6.45, 7) is 3.89. The van der Waals surface area contributed by atoms with Gasteiger partial charge >= 0.3 is 0 Å². The van der Waals surface area contributed by atoms with Crippen LogP contribution < -0.4 is 15.4 Å². The van der Waals surface area contributed by atoms with E-state index in [0.717, 1.165) is 16.7 Å². The van der Waals surface area contributed by atoms with Crippen LogP contribution in [0.5, 0.6) is 5.75 Å². The van der Waals surface area contributed by atoms with Gasteiger partial charge in [-0.3, -0.25) is 19.8 Å². The highest BCUT2D eigenvalue weighted by atomic mass is 16.6. The van der Waals surface area contributed by atoms with Crippen LogP contribution >= 0.6 is 0 Å². The molecule has 0 bridgehead atoms. The number of benzene rings is 2. The Bertz CT molecular complexity index is 1290. The molecule has 1 unspecified atom stereocenters. The van der Waals surface area contributed by atoms with Gasteiger partial charge in [0.25, 0.3) is 5.69 Å². The van der Waals surface area contributed by atoms with Crippen LogP contribution in [0.4, 0.5) is 11.4 Å². The second-order valence-electron chi connectivity index (χ2n) is 8.29. The molecule has 1 aliphatic heterocycles. The number of carbonyl (C=O) groups excluding carboxylic acids is 1. The van der Waals surface area contributed by atoms with Crippen LogP contribution in [-0.4, -0.2) is 17.8 Å². The van der Waals surface area contributed by atoms with Gasteiger partial charge in [0.05, 0.1) is 35.7 Å². The van der Waals surface area contributed by atoms with Crippen LogP contribution in [0.3, 0.4) is 0 Å². The van der Waals surface area contributed by atoms with E-state index < -0.39 is 10.8 Å². The average Bonchev–Trinajstić information content (AvgIpc) is 2.80. The van der Waals surface area contributed by atoms with Crippen molar-refractivity contribution < 1.29 is 14.5 Å². The third kappa shape index (κ3) is 3.61. The van der Waals surface area contributed by atoms with E-state index in [1.165, 1.54) is 18.1 Å². The number of carbonyl (C=O) groups is 1. The molecule has 0 aromatic heterocycles. The maximum Gasteiger partial charge on any atom is 0.296 e. The second kappa shape index (κ2) is 8.43. The summed E-state index contributed by atoms with van der Waals surface area (Å²) >= 11 is 0. The molecule has 0 radical (unpaired) electrons. The number of aryl methyl sites for hydroxylation is 2. The number of anilines is 1. The number of nitro benzene ring substituents is 1. The molecule has 0 spiro atoms. The maximum absolute atomic E-state index is 13.3. The Kier molecular flexibility index (Phi) is 5.64. The van der Waals surface area contributed by atoms with Crippen molar-refractivity contribution in [3.05, 3.63) is 85.9 Å². The Balaban J connectivity index is 2.03. The minimum absolute atomic E-state index is 0.0661. The summed E-state index contributed by atoms with van der Waals surface area (Å²) in [5.74, 6) is -0.243. The van der Waals surface area contributed by atoms with E-state index in [1.807, 2.05) is 32.0 Å². The molecular weight excluding hydrogens is 420 g/mol. The van der Waals surface area contributed by atoms with Crippen molar-refractivity contribution in [2.24, 2.45) is 5.73 Å². The van der Waals surface area contributed by atoms with Crippen molar-refractivity contribution in [3.8, 4) is 11.8 Å². The maximum atomic E-state index is 13.3. The summed E-state index contributed by atoms with van der Waals surface area (Å²) in [5.41, 5.74) is 10.7. The van der Waals surface area contributed by atoms with Crippen molar-refractivity contribution in [3.63, 3.8) is 0 Å². The number of Topliss-reactive ketones (excluding diaryl/α,β-unsaturated/α-hetero) is 1. The molecule has 1 atom stereocenters. The van der Waals surface area contributed by atoms with E-state index >= 15 is 0 Å². The molecular formula is C25H24N4O4. The van der Waals surface area contributed by atoms with Crippen LogP contribution in [0.15, 0.2) is 59.1 Å². The lowest BCUT2D eigenvalue weighted by Crippen LogP contribution is -2.39. The summed E-state index contributed by atoms with van der Waals surface area (Å²) in [6.07, 6.45) is 1.48. The quantitative estimate of drug-likeness (QED) is 0.543. The smallest absolute Gasteiger partial charge is 0.296 e. The largest absolute Gasteiger partial charge is 0.496 e. The molecule has 2 aromatic rings. The first-order valence-corrected chi connectivity index (χ1v) is 10.6. The molecule has 33 heavy (non-hydrogen) atoms. The van der Waals surface area contributed by atoms with Gasteiger partial charge in [0.15, 0.2) is 5.78 Å². The predicted molar refractivity (Wildman–Crippen MR) is 123 cm³/mol. The molecule has 0 saturated carbocycles. The topological polar surface area (TPSA) is 122 Å². The van der Waals surface area contributed by atoms with E-state index in [4.69, 9.17) is 10.5 Å². The number of nitriles is 1. The number of nitrogens with zero attached hydrogens (tertiary/aromatic N) is 3. The number of hydrogen-bond acceptors (Lipinski definition) is 7. The number of nitrogens with two attached hydrogens (primary N) is 1. The fourth-order valence-corrected chi connectivity index (χ4v) is 4.71. The number of ether oxygens (including phenoxy) is 1. The molecule has 8 nitrogen and oxygen atoms in total. The Morgan fingerprint density at radius 1 is 1.21 bits per heavy atom. The first-order chi connectivity index (χ1) is 15.8. The summed E-state index contributed by atoms with van der Waals surface area (Å²) in [5, 5.41) is 22.1. The normalized spacial score (nSPS) is 18.2. The zero-order valence-electron chi connectivity index (χ0n) is 18.7. The number of methoxy groups -OCH3 is 1. The summed E-state index contributed by atoms with van der Waals surface area (Å²) in [4.78, 5) is 26.2. The van der Waals surface area contributed by atoms with Crippen molar-refractivity contribution in [1.29, 1.82) is 5.26 Å². The fourth-order valence-electron chi connectivity index (χ4n) is 4.71. The van der Waals surface area contributed by atoms with Crippen molar-refractivity contribution in [2.75, 3.05) is 12.0 Å². The van der Waals surface area contributed by atoms with Crippen LogP contribution in [0, 0.1) is 35.3 Å². The number of nitro groups is 1. The lowest BCUT2D eigenvalue weighted by molar-refractivity contribution is -0.384. The van der Waals surface area contributed by atoms with Gasteiger partial charge in [-0.2, -0.15) is 5.26 Å². The van der Waals surface area contributed by atoms with Crippen molar-refractivity contribution in [1.82, 2.24) is 0 Å².